The van der Waals surface area contributed by atoms with Crippen molar-refractivity contribution < 1.29 is 14.3 Å². The van der Waals surface area contributed by atoms with Gasteiger partial charge in [-0.1, -0.05) is 30.8 Å². The minimum absolute atomic E-state index is 0.253. The predicted octanol–water partition coefficient (Wildman–Crippen LogP) is 2.81. The predicted molar refractivity (Wildman–Crippen MR) is 69.2 cm³/mol. The molecule has 3 heteroatoms. The van der Waals surface area contributed by atoms with Gasteiger partial charge in [-0.15, -0.1) is 0 Å². The summed E-state index contributed by atoms with van der Waals surface area (Å²) < 4.78 is 10.5. The van der Waals surface area contributed by atoms with Crippen molar-refractivity contribution in [1.29, 1.82) is 0 Å². The van der Waals surface area contributed by atoms with E-state index >= 15 is 0 Å². The Kier molecular flexibility index (Phi) is 4.15. The minimum Gasteiger partial charge on any atom is -0.462 e. The van der Waals surface area contributed by atoms with E-state index in [1.807, 2.05) is 12.1 Å². The summed E-state index contributed by atoms with van der Waals surface area (Å²) >= 11 is 0. The quantitative estimate of drug-likeness (QED) is 0.592. The average Bonchev–Trinajstić information content (AvgIpc) is 2.27. The Balaban J connectivity index is 1.85. The first-order valence-electron chi connectivity index (χ1n) is 6.20. The molecule has 1 fully saturated rings. The van der Waals surface area contributed by atoms with Gasteiger partial charge in [0.05, 0.1) is 19.3 Å². The Bertz CT molecular complexity index is 447. The molecule has 1 aromatic carbocycles. The molecule has 1 unspecified atom stereocenters. The molecule has 2 rings (SSSR count). The van der Waals surface area contributed by atoms with Gasteiger partial charge < -0.3 is 9.47 Å². The first kappa shape index (κ1) is 12.8. The fourth-order valence-corrected chi connectivity index (χ4v) is 1.83. The van der Waals surface area contributed by atoms with Crippen LogP contribution in [0, 0.1) is 0 Å². The number of carbonyl (C=O) groups excluding carboxylic acids is 1. The lowest BCUT2D eigenvalue weighted by atomic mass is 10.00. The van der Waals surface area contributed by atoms with Crippen LogP contribution in [-0.4, -0.2) is 19.2 Å². The summed E-state index contributed by atoms with van der Waals surface area (Å²) in [4.78, 5) is 11.2. The topological polar surface area (TPSA) is 35.5 Å². The second-order valence-corrected chi connectivity index (χ2v) is 4.56. The highest BCUT2D eigenvalue weighted by atomic mass is 16.5. The summed E-state index contributed by atoms with van der Waals surface area (Å²) in [6, 6.07) is 8.26. The summed E-state index contributed by atoms with van der Waals surface area (Å²) in [5, 5.41) is 0. The third-order valence-electron chi connectivity index (χ3n) is 2.99. The Morgan fingerprint density at radius 3 is 2.94 bits per heavy atom. The zero-order valence-corrected chi connectivity index (χ0v) is 10.6. The van der Waals surface area contributed by atoms with Gasteiger partial charge in [-0.05, 0) is 18.1 Å². The molecule has 0 aromatic heterocycles. The Labute approximate surface area is 107 Å². The van der Waals surface area contributed by atoms with E-state index in [9.17, 15) is 4.79 Å². The standard InChI is InChI=1S/C15H18O3/c1-11(2)15(16)18-8-6-12-4-3-5-13(10-12)14-7-9-17-14/h3-5,10,14H,1,6-9H2,2H3. The highest BCUT2D eigenvalue weighted by Gasteiger charge is 2.20. The largest absolute Gasteiger partial charge is 0.462 e. The molecule has 1 heterocycles. The van der Waals surface area contributed by atoms with Gasteiger partial charge in [0.15, 0.2) is 0 Å². The Morgan fingerprint density at radius 2 is 2.33 bits per heavy atom. The lowest BCUT2D eigenvalue weighted by Gasteiger charge is -2.27. The molecule has 3 nitrogen and oxygen atoms in total. The zero-order chi connectivity index (χ0) is 13.0. The Morgan fingerprint density at radius 1 is 1.56 bits per heavy atom. The number of benzene rings is 1. The van der Waals surface area contributed by atoms with E-state index < -0.39 is 0 Å². The van der Waals surface area contributed by atoms with Gasteiger partial charge in [0.1, 0.15) is 0 Å². The van der Waals surface area contributed by atoms with Crippen LogP contribution in [0.25, 0.3) is 0 Å². The smallest absolute Gasteiger partial charge is 0.333 e. The summed E-state index contributed by atoms with van der Waals surface area (Å²) in [5.41, 5.74) is 2.81. The fourth-order valence-electron chi connectivity index (χ4n) is 1.83. The molecular weight excluding hydrogens is 228 g/mol. The van der Waals surface area contributed by atoms with Gasteiger partial charge in [-0.2, -0.15) is 0 Å². The first-order valence-corrected chi connectivity index (χ1v) is 6.20. The minimum atomic E-state index is -0.325. The molecule has 1 atom stereocenters. The third-order valence-corrected chi connectivity index (χ3v) is 2.99. The fraction of sp³-hybridized carbons (Fsp3) is 0.400. The molecular formula is C15H18O3. The van der Waals surface area contributed by atoms with Crippen molar-refractivity contribution in [1.82, 2.24) is 0 Å². The van der Waals surface area contributed by atoms with Crippen LogP contribution >= 0.6 is 0 Å². The zero-order valence-electron chi connectivity index (χ0n) is 10.6. The van der Waals surface area contributed by atoms with E-state index in [2.05, 4.69) is 18.7 Å². The van der Waals surface area contributed by atoms with E-state index in [-0.39, 0.29) is 12.1 Å². The summed E-state index contributed by atoms with van der Waals surface area (Å²) in [6.45, 7) is 6.44. The van der Waals surface area contributed by atoms with Crippen molar-refractivity contribution in [3.05, 3.63) is 47.5 Å². The van der Waals surface area contributed by atoms with Gasteiger partial charge in [0.2, 0.25) is 0 Å². The number of rotatable bonds is 5. The number of ether oxygens (including phenoxy) is 2. The van der Waals surface area contributed by atoms with E-state index in [4.69, 9.17) is 9.47 Å². The van der Waals surface area contributed by atoms with Gasteiger partial charge >= 0.3 is 5.97 Å². The highest BCUT2D eigenvalue weighted by molar-refractivity contribution is 5.86. The van der Waals surface area contributed by atoms with Gasteiger partial charge in [0.25, 0.3) is 0 Å². The maximum Gasteiger partial charge on any atom is 0.333 e. The van der Waals surface area contributed by atoms with Crippen LogP contribution in [0.2, 0.25) is 0 Å². The molecule has 1 aromatic rings. The van der Waals surface area contributed by atoms with Crippen molar-refractivity contribution in [2.24, 2.45) is 0 Å². The van der Waals surface area contributed by atoms with E-state index in [1.165, 1.54) is 5.56 Å². The van der Waals surface area contributed by atoms with Crippen LogP contribution in [0.1, 0.15) is 30.6 Å². The van der Waals surface area contributed by atoms with Crippen molar-refractivity contribution >= 4 is 5.97 Å². The average molecular weight is 246 g/mol. The van der Waals surface area contributed by atoms with Gasteiger partial charge in [0, 0.05) is 18.4 Å². The molecule has 0 spiro atoms. The van der Waals surface area contributed by atoms with Gasteiger partial charge in [-0.3, -0.25) is 0 Å². The number of hydrogen-bond donors (Lipinski definition) is 0. The molecule has 0 N–H and O–H groups in total. The van der Waals surface area contributed by atoms with Gasteiger partial charge in [-0.25, -0.2) is 4.79 Å². The molecule has 18 heavy (non-hydrogen) atoms. The molecule has 0 amide bonds. The molecule has 96 valence electrons. The van der Waals surface area contributed by atoms with E-state index in [0.717, 1.165) is 25.0 Å². The SMILES string of the molecule is C=C(C)C(=O)OCCc1cccc(C2CCO2)c1. The lowest BCUT2D eigenvalue weighted by molar-refractivity contribution is -0.138. The highest BCUT2D eigenvalue weighted by Crippen LogP contribution is 2.29. The number of carbonyl (C=O) groups is 1. The third kappa shape index (κ3) is 3.20. The Hall–Kier alpha value is -1.61. The van der Waals surface area contributed by atoms with Crippen molar-refractivity contribution in [2.45, 2.75) is 25.9 Å². The molecule has 0 bridgehead atoms. The van der Waals surface area contributed by atoms with E-state index in [0.29, 0.717) is 12.2 Å². The summed E-state index contributed by atoms with van der Waals surface area (Å²) in [6.07, 6.45) is 2.07. The first-order chi connectivity index (χ1) is 8.66. The number of esters is 1. The molecule has 1 saturated heterocycles. The van der Waals surface area contributed by atoms with Crippen LogP contribution in [0.4, 0.5) is 0 Å². The lowest BCUT2D eigenvalue weighted by Crippen LogP contribution is -2.18. The number of hydrogen-bond acceptors (Lipinski definition) is 3. The van der Waals surface area contributed by atoms with Crippen molar-refractivity contribution in [3.8, 4) is 0 Å². The van der Waals surface area contributed by atoms with Crippen LogP contribution in [-0.2, 0) is 20.7 Å². The second kappa shape index (κ2) is 5.83. The molecule has 1 aliphatic heterocycles. The molecule has 0 radical (unpaired) electrons. The normalized spacial score (nSPS) is 17.9. The van der Waals surface area contributed by atoms with Crippen LogP contribution < -0.4 is 0 Å². The molecule has 0 aliphatic carbocycles. The monoisotopic (exact) mass is 246 g/mol. The van der Waals surface area contributed by atoms with Crippen LogP contribution in [0.5, 0.6) is 0 Å². The maximum atomic E-state index is 11.2. The van der Waals surface area contributed by atoms with Crippen LogP contribution in [0.15, 0.2) is 36.4 Å². The van der Waals surface area contributed by atoms with E-state index in [1.54, 1.807) is 6.92 Å². The molecule has 0 saturated carbocycles. The molecule has 1 aliphatic rings. The maximum absolute atomic E-state index is 11.2. The summed E-state index contributed by atoms with van der Waals surface area (Å²) in [5.74, 6) is -0.325. The van der Waals surface area contributed by atoms with Crippen molar-refractivity contribution in [2.75, 3.05) is 13.2 Å². The second-order valence-electron chi connectivity index (χ2n) is 4.56. The summed E-state index contributed by atoms with van der Waals surface area (Å²) in [7, 11) is 0. The van der Waals surface area contributed by atoms with Crippen LogP contribution in [0.3, 0.4) is 0 Å². The van der Waals surface area contributed by atoms with Crippen molar-refractivity contribution in [3.63, 3.8) is 0 Å².